The van der Waals surface area contributed by atoms with E-state index in [0.29, 0.717) is 23.4 Å². The number of nitrogens with one attached hydrogen (secondary N) is 1. The van der Waals surface area contributed by atoms with Gasteiger partial charge < -0.3 is 10.1 Å². The molecule has 2 heterocycles. The van der Waals surface area contributed by atoms with Gasteiger partial charge in [0.2, 0.25) is 5.91 Å². The summed E-state index contributed by atoms with van der Waals surface area (Å²) in [7, 11) is 1.62. The largest absolute Gasteiger partial charge is 0.385 e. The van der Waals surface area contributed by atoms with Crippen molar-refractivity contribution in [1.82, 2.24) is 14.9 Å². The normalized spacial score (nSPS) is 11.0. The fourth-order valence-corrected chi connectivity index (χ4v) is 3.86. The summed E-state index contributed by atoms with van der Waals surface area (Å²) < 4.78 is 6.32. The molecule has 7 heteroatoms. The van der Waals surface area contributed by atoms with Gasteiger partial charge in [0.05, 0.1) is 11.7 Å². The highest BCUT2D eigenvalue weighted by atomic mass is 32.1. The van der Waals surface area contributed by atoms with Gasteiger partial charge in [0.1, 0.15) is 11.4 Å². The van der Waals surface area contributed by atoms with Crippen LogP contribution in [-0.2, 0) is 16.1 Å². The van der Waals surface area contributed by atoms with E-state index < -0.39 is 0 Å². The maximum atomic E-state index is 13.0. The summed E-state index contributed by atoms with van der Waals surface area (Å²) in [4.78, 5) is 31.2. The molecule has 0 saturated carbocycles. The number of carbonyl (C=O) groups is 1. The van der Waals surface area contributed by atoms with Crippen molar-refractivity contribution >= 4 is 27.5 Å². The molecule has 0 fully saturated rings. The van der Waals surface area contributed by atoms with Crippen LogP contribution in [0.4, 0.5) is 0 Å². The highest BCUT2D eigenvalue weighted by Gasteiger charge is 2.17. The minimum absolute atomic E-state index is 0.0438. The maximum absolute atomic E-state index is 13.0. The van der Waals surface area contributed by atoms with Crippen molar-refractivity contribution in [1.29, 1.82) is 0 Å². The zero-order valence-corrected chi connectivity index (χ0v) is 15.6. The number of nitrogens with zero attached hydrogens (tertiary/aromatic N) is 2. The third-order valence-corrected chi connectivity index (χ3v) is 5.09. The molecule has 0 atom stereocenters. The van der Waals surface area contributed by atoms with Crippen molar-refractivity contribution in [2.75, 3.05) is 20.3 Å². The van der Waals surface area contributed by atoms with Crippen LogP contribution in [0, 0.1) is 6.92 Å². The van der Waals surface area contributed by atoms with Gasteiger partial charge >= 0.3 is 0 Å². The van der Waals surface area contributed by atoms with E-state index in [1.165, 1.54) is 22.2 Å². The van der Waals surface area contributed by atoms with Crippen molar-refractivity contribution in [2.24, 2.45) is 0 Å². The Kier molecular flexibility index (Phi) is 5.80. The number of methoxy groups -OCH3 is 1. The second-order valence-electron chi connectivity index (χ2n) is 5.95. The lowest BCUT2D eigenvalue weighted by molar-refractivity contribution is -0.121. The molecule has 3 aromatic rings. The van der Waals surface area contributed by atoms with Gasteiger partial charge in [-0.25, -0.2) is 4.98 Å². The number of benzene rings is 1. The molecule has 1 N–H and O–H groups in total. The lowest BCUT2D eigenvalue weighted by Gasteiger charge is -2.08. The Morgan fingerprint density at radius 2 is 2.08 bits per heavy atom. The molecule has 1 amide bonds. The number of ether oxygens (including phenoxy) is 1. The van der Waals surface area contributed by atoms with E-state index in [1.807, 2.05) is 37.3 Å². The molecule has 26 heavy (non-hydrogen) atoms. The minimum atomic E-state index is -0.211. The fourth-order valence-electron chi connectivity index (χ4n) is 2.86. The van der Waals surface area contributed by atoms with Crippen molar-refractivity contribution in [3.63, 3.8) is 0 Å². The van der Waals surface area contributed by atoms with Gasteiger partial charge in [-0.2, -0.15) is 0 Å². The number of hydrogen-bond donors (Lipinski definition) is 1. The summed E-state index contributed by atoms with van der Waals surface area (Å²) in [5.74, 6) is -0.211. The van der Waals surface area contributed by atoms with E-state index in [-0.39, 0.29) is 18.0 Å². The zero-order valence-electron chi connectivity index (χ0n) is 14.8. The highest BCUT2D eigenvalue weighted by Crippen LogP contribution is 2.35. The summed E-state index contributed by atoms with van der Waals surface area (Å²) in [6.07, 6.45) is 2.18. The first-order chi connectivity index (χ1) is 12.6. The molecule has 6 nitrogen and oxygen atoms in total. The summed E-state index contributed by atoms with van der Waals surface area (Å²) in [6, 6.07) is 9.79. The van der Waals surface area contributed by atoms with Crippen LogP contribution in [0.5, 0.6) is 0 Å². The van der Waals surface area contributed by atoms with Crippen molar-refractivity contribution in [2.45, 2.75) is 19.9 Å². The zero-order chi connectivity index (χ0) is 18.5. The highest BCUT2D eigenvalue weighted by molar-refractivity contribution is 7.19. The van der Waals surface area contributed by atoms with Crippen molar-refractivity contribution < 1.29 is 9.53 Å². The molecule has 0 bridgehead atoms. The van der Waals surface area contributed by atoms with E-state index in [4.69, 9.17) is 4.74 Å². The van der Waals surface area contributed by atoms with E-state index in [2.05, 4.69) is 10.3 Å². The molecular weight excluding hydrogens is 350 g/mol. The van der Waals surface area contributed by atoms with Crippen molar-refractivity contribution in [3.8, 4) is 11.1 Å². The van der Waals surface area contributed by atoms with Crippen LogP contribution < -0.4 is 10.9 Å². The second-order valence-corrected chi connectivity index (χ2v) is 7.16. The van der Waals surface area contributed by atoms with Gasteiger partial charge in [-0.1, -0.05) is 30.3 Å². The van der Waals surface area contributed by atoms with Crippen LogP contribution in [0.1, 0.15) is 11.3 Å². The number of fused-ring (bicyclic) bond motifs is 1. The average Bonchev–Trinajstić information content (AvgIpc) is 2.99. The van der Waals surface area contributed by atoms with Crippen LogP contribution >= 0.6 is 11.3 Å². The monoisotopic (exact) mass is 371 g/mol. The molecule has 1 aromatic carbocycles. The number of carbonyl (C=O) groups excluding carboxylic acids is 1. The Bertz CT molecular complexity index is 963. The number of amides is 1. The van der Waals surface area contributed by atoms with Crippen LogP contribution in [0.25, 0.3) is 21.3 Å². The van der Waals surface area contributed by atoms with Crippen LogP contribution in [0.2, 0.25) is 0 Å². The molecule has 3 rings (SSSR count). The Labute approximate surface area is 155 Å². The molecule has 0 aliphatic carbocycles. The predicted octanol–water partition coefficient (Wildman–Crippen LogP) is 2.59. The Hall–Kier alpha value is -2.51. The van der Waals surface area contributed by atoms with Gasteiger partial charge in [-0.15, -0.1) is 11.3 Å². The lowest BCUT2D eigenvalue weighted by Crippen LogP contribution is -2.33. The molecule has 0 spiro atoms. The first-order valence-corrected chi connectivity index (χ1v) is 9.23. The molecule has 0 aliphatic heterocycles. The van der Waals surface area contributed by atoms with Gasteiger partial charge in [0.15, 0.2) is 0 Å². The second kappa shape index (κ2) is 8.25. The van der Waals surface area contributed by atoms with Gasteiger partial charge in [-0.05, 0) is 18.9 Å². The summed E-state index contributed by atoms with van der Waals surface area (Å²) in [5.41, 5.74) is 1.69. The van der Waals surface area contributed by atoms with E-state index >= 15 is 0 Å². The van der Waals surface area contributed by atoms with Gasteiger partial charge in [-0.3, -0.25) is 14.2 Å². The summed E-state index contributed by atoms with van der Waals surface area (Å²) in [5, 5.41) is 3.37. The number of aryl methyl sites for hydroxylation is 1. The van der Waals surface area contributed by atoms with E-state index in [9.17, 15) is 9.59 Å². The minimum Gasteiger partial charge on any atom is -0.385 e. The first-order valence-electron chi connectivity index (χ1n) is 8.41. The quantitative estimate of drug-likeness (QED) is 0.648. The van der Waals surface area contributed by atoms with E-state index in [0.717, 1.165) is 22.4 Å². The van der Waals surface area contributed by atoms with Crippen molar-refractivity contribution in [3.05, 3.63) is 51.9 Å². The molecule has 0 aliphatic rings. The standard InChI is InChI=1S/C19H21N3O3S/c1-13-16(14-7-4-3-5-8-14)17-18(26-13)21-12-22(19(17)24)11-15(23)20-9-6-10-25-2/h3-5,7-8,12H,6,9-11H2,1-2H3,(H,20,23). The third kappa shape index (κ3) is 3.84. The SMILES string of the molecule is COCCCNC(=O)Cn1cnc2sc(C)c(-c3ccccc3)c2c1=O. The van der Waals surface area contributed by atoms with E-state index in [1.54, 1.807) is 7.11 Å². The molecule has 0 radical (unpaired) electrons. The number of aromatic nitrogens is 2. The Morgan fingerprint density at radius 1 is 1.31 bits per heavy atom. The topological polar surface area (TPSA) is 73.2 Å². The molecule has 0 saturated heterocycles. The predicted molar refractivity (Wildman–Crippen MR) is 104 cm³/mol. The Morgan fingerprint density at radius 3 is 2.81 bits per heavy atom. The molecule has 2 aromatic heterocycles. The fraction of sp³-hybridized carbons (Fsp3) is 0.316. The Balaban J connectivity index is 1.91. The van der Waals surface area contributed by atoms with Crippen LogP contribution in [0.15, 0.2) is 41.5 Å². The molecule has 136 valence electrons. The molecular formula is C19H21N3O3S. The number of thiophene rings is 1. The average molecular weight is 371 g/mol. The smallest absolute Gasteiger partial charge is 0.263 e. The summed E-state index contributed by atoms with van der Waals surface area (Å²) >= 11 is 1.50. The summed E-state index contributed by atoms with van der Waals surface area (Å²) in [6.45, 7) is 3.05. The van der Waals surface area contributed by atoms with Gasteiger partial charge in [0, 0.05) is 30.7 Å². The maximum Gasteiger partial charge on any atom is 0.263 e. The van der Waals surface area contributed by atoms with Gasteiger partial charge in [0.25, 0.3) is 5.56 Å². The first kappa shape index (κ1) is 18.3. The van der Waals surface area contributed by atoms with Crippen LogP contribution in [-0.4, -0.2) is 35.7 Å². The van der Waals surface area contributed by atoms with Crippen LogP contribution in [0.3, 0.4) is 0 Å². The number of hydrogen-bond acceptors (Lipinski definition) is 5. The third-order valence-electron chi connectivity index (χ3n) is 4.08. The lowest BCUT2D eigenvalue weighted by atomic mass is 10.0. The molecule has 0 unspecified atom stereocenters. The number of rotatable bonds is 7.